The second kappa shape index (κ2) is 11.6. The highest BCUT2D eigenvalue weighted by Gasteiger charge is 2.45. The van der Waals surface area contributed by atoms with Crippen molar-refractivity contribution in [3.63, 3.8) is 0 Å². The van der Waals surface area contributed by atoms with Crippen molar-refractivity contribution in [2.24, 2.45) is 0 Å². The minimum atomic E-state index is -1.76. The summed E-state index contributed by atoms with van der Waals surface area (Å²) in [7, 11) is 0. The molecule has 228 valence electrons. The topological polar surface area (TPSA) is 260 Å². The molecular formula is C27H30O15. The molecule has 0 unspecified atom stereocenters. The van der Waals surface area contributed by atoms with Crippen molar-refractivity contribution >= 4 is 11.0 Å². The molecule has 2 saturated heterocycles. The van der Waals surface area contributed by atoms with E-state index in [2.05, 4.69) is 0 Å². The molecule has 0 spiro atoms. The molecular weight excluding hydrogens is 564 g/mol. The van der Waals surface area contributed by atoms with E-state index < -0.39 is 84.4 Å². The molecule has 1 aromatic heterocycles. The molecule has 9 atom stereocenters. The van der Waals surface area contributed by atoms with Crippen LogP contribution in [0.15, 0.2) is 39.5 Å². The Balaban J connectivity index is 1.59. The predicted molar refractivity (Wildman–Crippen MR) is 139 cm³/mol. The van der Waals surface area contributed by atoms with E-state index in [9.17, 15) is 55.9 Å². The summed E-state index contributed by atoms with van der Waals surface area (Å²) in [4.78, 5) is 13.8. The zero-order valence-corrected chi connectivity index (χ0v) is 21.7. The van der Waals surface area contributed by atoms with Crippen molar-refractivity contribution < 1.29 is 69.7 Å². The van der Waals surface area contributed by atoms with Crippen LogP contribution in [0.2, 0.25) is 0 Å². The molecule has 2 aliphatic heterocycles. The lowest BCUT2D eigenvalue weighted by molar-refractivity contribution is -0.277. The van der Waals surface area contributed by atoms with Gasteiger partial charge in [0.1, 0.15) is 71.0 Å². The average Bonchev–Trinajstić information content (AvgIpc) is 2.95. The van der Waals surface area contributed by atoms with E-state index in [1.54, 1.807) is 0 Å². The van der Waals surface area contributed by atoms with E-state index in [-0.39, 0.29) is 46.6 Å². The van der Waals surface area contributed by atoms with Gasteiger partial charge >= 0.3 is 0 Å². The van der Waals surface area contributed by atoms with Crippen LogP contribution in [0.1, 0.15) is 5.56 Å². The van der Waals surface area contributed by atoms with Crippen molar-refractivity contribution in [1.82, 2.24) is 0 Å². The first-order valence-electron chi connectivity index (χ1n) is 12.9. The standard InChI is InChI=1S/C27H30O15/c28-7-18-23(36)24(37)25(38)27(42-18)40-10-4-14(31)19-16(5-10)41-26(9-1-2-12(29)13(30)3-9)11(20(19)33)6-17-22(35)21(34)15(32)8-39-17/h1-5,15,17-18,21-25,27-32,34-38H,6-8H2/t15-,17-,18+,21-,22+,23+,24+,25+,27-/m1/s1. The maximum atomic E-state index is 13.8. The lowest BCUT2D eigenvalue weighted by Gasteiger charge is -2.39. The number of aromatic hydroxyl groups is 3. The molecule has 10 N–H and O–H groups in total. The van der Waals surface area contributed by atoms with E-state index in [1.165, 1.54) is 6.07 Å². The van der Waals surface area contributed by atoms with Gasteiger partial charge in [0.05, 0.1) is 19.3 Å². The van der Waals surface area contributed by atoms with Gasteiger partial charge in [0.25, 0.3) is 0 Å². The first kappa shape index (κ1) is 30.0. The Hall–Kier alpha value is -3.51. The summed E-state index contributed by atoms with van der Waals surface area (Å²) in [6.07, 6.45) is -14.1. The van der Waals surface area contributed by atoms with Crippen molar-refractivity contribution in [1.29, 1.82) is 0 Å². The lowest BCUT2D eigenvalue weighted by atomic mass is 9.92. The van der Waals surface area contributed by atoms with Crippen LogP contribution >= 0.6 is 0 Å². The quantitative estimate of drug-likeness (QED) is 0.136. The van der Waals surface area contributed by atoms with Crippen molar-refractivity contribution in [3.8, 4) is 34.3 Å². The van der Waals surface area contributed by atoms with Gasteiger partial charge in [-0.25, -0.2) is 0 Å². The zero-order valence-electron chi connectivity index (χ0n) is 21.7. The third kappa shape index (κ3) is 5.37. The summed E-state index contributed by atoms with van der Waals surface area (Å²) in [5, 5.41) is 101. The third-order valence-corrected chi connectivity index (χ3v) is 7.39. The van der Waals surface area contributed by atoms with E-state index in [4.69, 9.17) is 18.6 Å². The lowest BCUT2D eigenvalue weighted by Crippen LogP contribution is -2.60. The molecule has 5 rings (SSSR count). The number of rotatable bonds is 6. The molecule has 0 saturated carbocycles. The Morgan fingerprint density at radius 3 is 2.21 bits per heavy atom. The highest BCUT2D eigenvalue weighted by atomic mass is 16.7. The van der Waals surface area contributed by atoms with Gasteiger partial charge in [-0.2, -0.15) is 0 Å². The summed E-state index contributed by atoms with van der Waals surface area (Å²) in [6, 6.07) is 5.74. The van der Waals surface area contributed by atoms with Crippen LogP contribution in [0.25, 0.3) is 22.3 Å². The predicted octanol–water partition coefficient (Wildman–Crippen LogP) is -2.22. The summed E-state index contributed by atoms with van der Waals surface area (Å²) >= 11 is 0. The Morgan fingerprint density at radius 2 is 1.52 bits per heavy atom. The summed E-state index contributed by atoms with van der Waals surface area (Å²) in [6.45, 7) is -1.04. The fourth-order valence-electron chi connectivity index (χ4n) is 5.01. The molecule has 15 heteroatoms. The number of phenolic OH excluding ortho intramolecular Hbond substituents is 3. The van der Waals surface area contributed by atoms with Gasteiger partial charge in [-0.05, 0) is 18.2 Å². The molecule has 42 heavy (non-hydrogen) atoms. The summed E-state index contributed by atoms with van der Waals surface area (Å²) < 4.78 is 22.3. The SMILES string of the molecule is O=c1c(C[C@H]2OC[C@@H](O)[C@@H](O)[C@H]2O)c(-c2ccc(O)c(O)c2)oc2cc(O[C@@H]3O[C@@H](CO)[C@H](O)[C@H](O)[C@@H]3O)cc(O)c12. The molecule has 0 radical (unpaired) electrons. The number of fused-ring (bicyclic) bond motifs is 1. The number of ether oxygens (including phenoxy) is 3. The number of phenols is 3. The minimum absolute atomic E-state index is 0.102. The van der Waals surface area contributed by atoms with Gasteiger partial charge < -0.3 is 69.7 Å². The molecule has 0 amide bonds. The van der Waals surface area contributed by atoms with Crippen molar-refractivity contribution in [3.05, 3.63) is 46.1 Å². The van der Waals surface area contributed by atoms with E-state index in [0.717, 1.165) is 24.3 Å². The molecule has 3 aromatic rings. The van der Waals surface area contributed by atoms with Crippen LogP contribution < -0.4 is 10.2 Å². The second-order valence-corrected chi connectivity index (χ2v) is 10.2. The monoisotopic (exact) mass is 594 g/mol. The van der Waals surface area contributed by atoms with Crippen LogP contribution in [0.3, 0.4) is 0 Å². The van der Waals surface area contributed by atoms with Crippen LogP contribution in [0.4, 0.5) is 0 Å². The molecule has 2 aromatic carbocycles. The van der Waals surface area contributed by atoms with E-state index >= 15 is 0 Å². The van der Waals surface area contributed by atoms with Crippen LogP contribution in [0, 0.1) is 0 Å². The van der Waals surface area contributed by atoms with Gasteiger partial charge in [0.15, 0.2) is 16.9 Å². The summed E-state index contributed by atoms with van der Waals surface area (Å²) in [5.74, 6) is -2.01. The van der Waals surface area contributed by atoms with E-state index in [1.807, 2.05) is 0 Å². The average molecular weight is 595 g/mol. The van der Waals surface area contributed by atoms with Crippen LogP contribution in [-0.2, 0) is 15.9 Å². The number of aliphatic hydroxyl groups excluding tert-OH is 7. The molecule has 2 aliphatic rings. The van der Waals surface area contributed by atoms with Gasteiger partial charge in [-0.15, -0.1) is 0 Å². The first-order valence-corrected chi connectivity index (χ1v) is 12.9. The van der Waals surface area contributed by atoms with E-state index in [0.29, 0.717) is 0 Å². The van der Waals surface area contributed by atoms with Crippen LogP contribution in [0.5, 0.6) is 23.0 Å². The largest absolute Gasteiger partial charge is 0.507 e. The molecule has 0 bridgehead atoms. The smallest absolute Gasteiger partial charge is 0.229 e. The summed E-state index contributed by atoms with van der Waals surface area (Å²) in [5.41, 5.74) is -1.07. The second-order valence-electron chi connectivity index (χ2n) is 10.2. The molecule has 15 nitrogen and oxygen atoms in total. The Morgan fingerprint density at radius 1 is 0.810 bits per heavy atom. The highest BCUT2D eigenvalue weighted by molar-refractivity contribution is 5.87. The fourth-order valence-corrected chi connectivity index (χ4v) is 5.01. The highest BCUT2D eigenvalue weighted by Crippen LogP contribution is 2.37. The minimum Gasteiger partial charge on any atom is -0.507 e. The number of benzene rings is 2. The number of aliphatic hydroxyl groups is 7. The number of hydrogen-bond donors (Lipinski definition) is 10. The van der Waals surface area contributed by atoms with Gasteiger partial charge in [0.2, 0.25) is 6.29 Å². The van der Waals surface area contributed by atoms with Gasteiger partial charge in [-0.1, -0.05) is 0 Å². The Labute approximate surface area is 236 Å². The van der Waals surface area contributed by atoms with Crippen LogP contribution in [-0.4, -0.2) is 119 Å². The molecule has 3 heterocycles. The number of hydrogen-bond acceptors (Lipinski definition) is 15. The fraction of sp³-hybridized carbons (Fsp3) is 0.444. The molecule has 2 fully saturated rings. The third-order valence-electron chi connectivity index (χ3n) is 7.39. The first-order chi connectivity index (χ1) is 19.9. The zero-order chi connectivity index (χ0) is 30.5. The maximum Gasteiger partial charge on any atom is 0.229 e. The van der Waals surface area contributed by atoms with Crippen molar-refractivity contribution in [2.75, 3.05) is 13.2 Å². The van der Waals surface area contributed by atoms with Gasteiger partial charge in [-0.3, -0.25) is 4.79 Å². The molecule has 0 aliphatic carbocycles. The Bertz CT molecular complexity index is 1500. The Kier molecular flexibility index (Phi) is 8.30. The normalized spacial score (nSPS) is 31.7. The van der Waals surface area contributed by atoms with Crippen molar-refractivity contribution in [2.45, 2.75) is 61.5 Å². The van der Waals surface area contributed by atoms with Gasteiger partial charge in [0, 0.05) is 29.7 Å². The maximum absolute atomic E-state index is 13.8.